The molecule has 0 radical (unpaired) electrons. The van der Waals surface area contributed by atoms with E-state index in [1.807, 2.05) is 42.5 Å². The van der Waals surface area contributed by atoms with Crippen molar-refractivity contribution in [1.82, 2.24) is 20.2 Å². The molecule has 0 aliphatic carbocycles. The van der Waals surface area contributed by atoms with E-state index in [0.717, 1.165) is 22.6 Å². The second kappa shape index (κ2) is 7.70. The fourth-order valence-electron chi connectivity index (χ4n) is 3.37. The molecule has 0 saturated carbocycles. The first-order valence-electron chi connectivity index (χ1n) is 8.90. The SMILES string of the molecule is COc1ccc(C2=C[C@@H](c3ccc(OC)c(OC)c3OC)n3nnnc3N2)cc1. The molecule has 1 aromatic heterocycles. The molecule has 0 saturated heterocycles. The molecule has 29 heavy (non-hydrogen) atoms. The molecule has 1 N–H and O–H groups in total. The van der Waals surface area contributed by atoms with E-state index in [2.05, 4.69) is 20.8 Å². The van der Waals surface area contributed by atoms with Gasteiger partial charge in [-0.25, -0.2) is 0 Å². The molecule has 0 bridgehead atoms. The van der Waals surface area contributed by atoms with Gasteiger partial charge in [0.2, 0.25) is 11.7 Å². The zero-order valence-electron chi connectivity index (χ0n) is 16.5. The van der Waals surface area contributed by atoms with Gasteiger partial charge in [-0.05, 0) is 58.5 Å². The van der Waals surface area contributed by atoms with Gasteiger partial charge < -0.3 is 24.3 Å². The van der Waals surface area contributed by atoms with E-state index < -0.39 is 0 Å². The van der Waals surface area contributed by atoms with Gasteiger partial charge in [-0.15, -0.1) is 0 Å². The van der Waals surface area contributed by atoms with Crippen molar-refractivity contribution in [2.24, 2.45) is 0 Å². The van der Waals surface area contributed by atoms with E-state index in [9.17, 15) is 0 Å². The standard InChI is InChI=1S/C20H21N5O4/c1-26-13-7-5-12(6-8-13)15-11-16(25-20(21-15)22-23-24-25)14-9-10-17(27-2)19(29-4)18(14)28-3/h5-11,16H,1-4H3,(H,21,22,24)/t16-/m0/s1. The number of anilines is 1. The Labute approximate surface area is 167 Å². The van der Waals surface area contributed by atoms with Gasteiger partial charge >= 0.3 is 0 Å². The molecule has 2 heterocycles. The summed E-state index contributed by atoms with van der Waals surface area (Å²) < 4.78 is 23.5. The van der Waals surface area contributed by atoms with Gasteiger partial charge in [-0.1, -0.05) is 5.10 Å². The summed E-state index contributed by atoms with van der Waals surface area (Å²) in [6.07, 6.45) is 2.04. The highest BCUT2D eigenvalue weighted by atomic mass is 16.5. The fraction of sp³-hybridized carbons (Fsp3) is 0.250. The molecule has 3 aromatic rings. The number of hydrogen-bond donors (Lipinski definition) is 1. The Morgan fingerprint density at radius 2 is 1.62 bits per heavy atom. The van der Waals surface area contributed by atoms with Gasteiger partial charge in [0.05, 0.1) is 28.4 Å². The van der Waals surface area contributed by atoms with Crippen molar-refractivity contribution in [3.05, 3.63) is 53.6 Å². The predicted molar refractivity (Wildman–Crippen MR) is 107 cm³/mol. The summed E-state index contributed by atoms with van der Waals surface area (Å²) in [5.74, 6) is 2.97. The number of rotatable bonds is 6. The minimum atomic E-state index is -0.312. The van der Waals surface area contributed by atoms with Crippen molar-refractivity contribution >= 4 is 11.6 Å². The van der Waals surface area contributed by atoms with Crippen LogP contribution in [0.15, 0.2) is 42.5 Å². The highest BCUT2D eigenvalue weighted by molar-refractivity contribution is 5.77. The Bertz CT molecular complexity index is 1050. The molecule has 0 unspecified atom stereocenters. The number of methoxy groups -OCH3 is 4. The molecule has 1 atom stereocenters. The van der Waals surface area contributed by atoms with E-state index >= 15 is 0 Å². The van der Waals surface area contributed by atoms with Gasteiger partial charge in [0.25, 0.3) is 0 Å². The molecule has 9 heteroatoms. The van der Waals surface area contributed by atoms with E-state index in [0.29, 0.717) is 23.2 Å². The van der Waals surface area contributed by atoms with Gasteiger partial charge in [0.1, 0.15) is 11.8 Å². The molecule has 4 rings (SSSR count). The summed E-state index contributed by atoms with van der Waals surface area (Å²) in [5.41, 5.74) is 2.69. The second-order valence-electron chi connectivity index (χ2n) is 6.25. The van der Waals surface area contributed by atoms with Crippen LogP contribution >= 0.6 is 0 Å². The lowest BCUT2D eigenvalue weighted by Gasteiger charge is -2.25. The smallest absolute Gasteiger partial charge is 0.248 e. The molecule has 0 amide bonds. The van der Waals surface area contributed by atoms with Crippen LogP contribution in [0.5, 0.6) is 23.0 Å². The summed E-state index contributed by atoms with van der Waals surface area (Å²) in [6.45, 7) is 0. The summed E-state index contributed by atoms with van der Waals surface area (Å²) >= 11 is 0. The number of allylic oxidation sites excluding steroid dienone is 1. The number of nitrogens with zero attached hydrogens (tertiary/aromatic N) is 4. The summed E-state index contributed by atoms with van der Waals surface area (Å²) in [6, 6.07) is 11.2. The Morgan fingerprint density at radius 3 is 2.28 bits per heavy atom. The van der Waals surface area contributed by atoms with Gasteiger partial charge in [0, 0.05) is 11.3 Å². The van der Waals surface area contributed by atoms with E-state index in [4.69, 9.17) is 18.9 Å². The van der Waals surface area contributed by atoms with Crippen molar-refractivity contribution in [3.8, 4) is 23.0 Å². The van der Waals surface area contributed by atoms with Crippen LogP contribution in [-0.2, 0) is 0 Å². The maximum absolute atomic E-state index is 5.67. The normalized spacial score (nSPS) is 15.0. The number of tetrazole rings is 1. The third-order valence-electron chi connectivity index (χ3n) is 4.78. The molecular weight excluding hydrogens is 374 g/mol. The lowest BCUT2D eigenvalue weighted by Crippen LogP contribution is -2.21. The highest BCUT2D eigenvalue weighted by Gasteiger charge is 2.29. The summed E-state index contributed by atoms with van der Waals surface area (Å²) in [7, 11) is 6.40. The van der Waals surface area contributed by atoms with Crippen molar-refractivity contribution in [2.45, 2.75) is 6.04 Å². The first kappa shape index (κ1) is 18.6. The fourth-order valence-corrected chi connectivity index (χ4v) is 3.37. The topological polar surface area (TPSA) is 92.5 Å². The molecule has 150 valence electrons. The van der Waals surface area contributed by atoms with E-state index in [-0.39, 0.29) is 6.04 Å². The summed E-state index contributed by atoms with van der Waals surface area (Å²) in [4.78, 5) is 0. The number of ether oxygens (including phenoxy) is 4. The van der Waals surface area contributed by atoms with Crippen LogP contribution in [0.4, 0.5) is 5.95 Å². The van der Waals surface area contributed by atoms with Gasteiger partial charge in [0.15, 0.2) is 11.5 Å². The molecule has 2 aromatic carbocycles. The van der Waals surface area contributed by atoms with Crippen LogP contribution in [0.25, 0.3) is 5.70 Å². The number of aromatic nitrogens is 4. The lowest BCUT2D eigenvalue weighted by atomic mass is 10.00. The Morgan fingerprint density at radius 1 is 0.862 bits per heavy atom. The van der Waals surface area contributed by atoms with Crippen molar-refractivity contribution in [1.29, 1.82) is 0 Å². The number of benzene rings is 2. The average molecular weight is 395 g/mol. The van der Waals surface area contributed by atoms with Gasteiger partial charge in [-0.2, -0.15) is 4.68 Å². The van der Waals surface area contributed by atoms with Crippen LogP contribution in [0.1, 0.15) is 17.2 Å². The quantitative estimate of drug-likeness (QED) is 0.681. The number of fused-ring (bicyclic) bond motifs is 1. The molecule has 1 aliphatic heterocycles. The Balaban J connectivity index is 1.84. The highest BCUT2D eigenvalue weighted by Crippen LogP contribution is 2.44. The average Bonchev–Trinajstić information content (AvgIpc) is 3.26. The van der Waals surface area contributed by atoms with Crippen LogP contribution < -0.4 is 24.3 Å². The van der Waals surface area contributed by atoms with Crippen molar-refractivity contribution in [3.63, 3.8) is 0 Å². The molecule has 0 fully saturated rings. The number of nitrogens with one attached hydrogen (secondary N) is 1. The van der Waals surface area contributed by atoms with E-state index in [1.54, 1.807) is 33.1 Å². The maximum Gasteiger partial charge on any atom is 0.248 e. The largest absolute Gasteiger partial charge is 0.497 e. The molecule has 1 aliphatic rings. The molecule has 0 spiro atoms. The lowest BCUT2D eigenvalue weighted by molar-refractivity contribution is 0.320. The molecular formula is C20H21N5O4. The monoisotopic (exact) mass is 395 g/mol. The predicted octanol–water partition coefficient (Wildman–Crippen LogP) is 2.76. The van der Waals surface area contributed by atoms with Crippen LogP contribution in [0.3, 0.4) is 0 Å². The minimum absolute atomic E-state index is 0.312. The third kappa shape index (κ3) is 3.20. The Hall–Kier alpha value is -3.75. The third-order valence-corrected chi connectivity index (χ3v) is 4.78. The van der Waals surface area contributed by atoms with Crippen molar-refractivity contribution < 1.29 is 18.9 Å². The van der Waals surface area contributed by atoms with E-state index in [1.165, 1.54) is 0 Å². The van der Waals surface area contributed by atoms with Gasteiger partial charge in [-0.3, -0.25) is 0 Å². The zero-order chi connectivity index (χ0) is 20.4. The summed E-state index contributed by atoms with van der Waals surface area (Å²) in [5, 5.41) is 15.3. The second-order valence-corrected chi connectivity index (χ2v) is 6.25. The first-order chi connectivity index (χ1) is 14.2. The van der Waals surface area contributed by atoms with Crippen LogP contribution in [0, 0.1) is 0 Å². The minimum Gasteiger partial charge on any atom is -0.497 e. The van der Waals surface area contributed by atoms with Crippen LogP contribution in [0.2, 0.25) is 0 Å². The maximum atomic E-state index is 5.67. The van der Waals surface area contributed by atoms with Crippen LogP contribution in [-0.4, -0.2) is 48.6 Å². The Kier molecular flexibility index (Phi) is 4.94. The van der Waals surface area contributed by atoms with Crippen molar-refractivity contribution in [2.75, 3.05) is 33.8 Å². The molecule has 9 nitrogen and oxygen atoms in total. The zero-order valence-corrected chi connectivity index (χ0v) is 16.5. The number of hydrogen-bond acceptors (Lipinski definition) is 8. The first-order valence-corrected chi connectivity index (χ1v) is 8.90.